The Kier molecular flexibility index (Phi) is 4.35. The maximum Gasteiger partial charge on any atom is 0.433 e. The molecule has 3 aromatic rings. The normalized spacial score (nSPS) is 11.4. The number of alkyl halides is 3. The van der Waals surface area contributed by atoms with Crippen molar-refractivity contribution < 1.29 is 26.7 Å². The van der Waals surface area contributed by atoms with Gasteiger partial charge in [-0.05, 0) is 36.4 Å². The molecule has 0 amide bonds. The molecule has 128 valence electrons. The molecule has 0 atom stereocenters. The molecule has 0 spiro atoms. The van der Waals surface area contributed by atoms with Gasteiger partial charge < -0.3 is 4.74 Å². The lowest BCUT2D eigenvalue weighted by Gasteiger charge is -2.12. The molecule has 8 heteroatoms. The highest BCUT2D eigenvalue weighted by atomic mass is 19.4. The molecule has 2 heterocycles. The smallest absolute Gasteiger partial charge is 0.433 e. The molecule has 0 bridgehead atoms. The van der Waals surface area contributed by atoms with Crippen LogP contribution in [0, 0.1) is 11.6 Å². The topological polar surface area (TPSA) is 35.0 Å². The van der Waals surface area contributed by atoms with E-state index < -0.39 is 23.5 Å². The number of aromatic nitrogens is 2. The van der Waals surface area contributed by atoms with Crippen LogP contribution in [0.2, 0.25) is 0 Å². The van der Waals surface area contributed by atoms with Crippen molar-refractivity contribution in [3.63, 3.8) is 0 Å². The molecule has 0 radical (unpaired) electrons. The van der Waals surface area contributed by atoms with Crippen LogP contribution in [0.1, 0.15) is 5.69 Å². The predicted octanol–water partition coefficient (Wildman–Crippen LogP) is 5.23. The lowest BCUT2D eigenvalue weighted by Crippen LogP contribution is -2.07. The van der Waals surface area contributed by atoms with Crippen LogP contribution < -0.4 is 4.74 Å². The molecule has 0 aliphatic carbocycles. The van der Waals surface area contributed by atoms with E-state index in [2.05, 4.69) is 9.97 Å². The highest BCUT2D eigenvalue weighted by Crippen LogP contribution is 2.35. The van der Waals surface area contributed by atoms with Gasteiger partial charge in [0.05, 0.1) is 17.3 Å². The highest BCUT2D eigenvalue weighted by Gasteiger charge is 2.32. The summed E-state index contributed by atoms with van der Waals surface area (Å²) in [6.45, 7) is 0. The Morgan fingerprint density at radius 1 is 0.840 bits per heavy atom. The summed E-state index contributed by atoms with van der Waals surface area (Å²) in [4.78, 5) is 7.16. The van der Waals surface area contributed by atoms with Gasteiger partial charge in [0.2, 0.25) is 5.88 Å². The van der Waals surface area contributed by atoms with Crippen LogP contribution in [0.5, 0.6) is 11.6 Å². The second-order valence-electron chi connectivity index (χ2n) is 4.93. The second kappa shape index (κ2) is 6.46. The third-order valence-electron chi connectivity index (χ3n) is 3.24. The Labute approximate surface area is 138 Å². The van der Waals surface area contributed by atoms with Crippen LogP contribution in [0.3, 0.4) is 0 Å². The summed E-state index contributed by atoms with van der Waals surface area (Å²) in [6.07, 6.45) is -2.39. The van der Waals surface area contributed by atoms with E-state index in [4.69, 9.17) is 4.74 Å². The minimum atomic E-state index is -4.58. The monoisotopic (exact) mass is 352 g/mol. The molecule has 0 N–H and O–H groups in total. The number of hydrogen-bond donors (Lipinski definition) is 0. The summed E-state index contributed by atoms with van der Waals surface area (Å²) >= 11 is 0. The van der Waals surface area contributed by atoms with E-state index in [-0.39, 0.29) is 22.8 Å². The van der Waals surface area contributed by atoms with Gasteiger partial charge in [0.25, 0.3) is 0 Å². The van der Waals surface area contributed by atoms with Crippen LogP contribution >= 0.6 is 0 Å². The fourth-order valence-corrected chi connectivity index (χ4v) is 2.14. The standard InChI is InChI=1S/C17H9F5N2O/c18-12-4-1-5-13(19)15(12)11-3-2-8-23-16(11)25-10-6-7-14(24-9-10)17(20,21)22/h1-9H. The molecule has 2 aromatic heterocycles. The SMILES string of the molecule is Fc1cccc(F)c1-c1cccnc1Oc1ccc(C(F)(F)F)nc1. The zero-order valence-electron chi connectivity index (χ0n) is 12.4. The predicted molar refractivity (Wildman–Crippen MR) is 78.9 cm³/mol. The fraction of sp³-hybridized carbons (Fsp3) is 0.0588. The summed E-state index contributed by atoms with van der Waals surface area (Å²) in [7, 11) is 0. The van der Waals surface area contributed by atoms with Crippen molar-refractivity contribution >= 4 is 0 Å². The van der Waals surface area contributed by atoms with Gasteiger partial charge in [-0.3, -0.25) is 0 Å². The van der Waals surface area contributed by atoms with Crippen molar-refractivity contribution in [2.75, 3.05) is 0 Å². The number of benzene rings is 1. The summed E-state index contributed by atoms with van der Waals surface area (Å²) in [5.41, 5.74) is -1.40. The van der Waals surface area contributed by atoms with Gasteiger partial charge in [0, 0.05) is 6.20 Å². The van der Waals surface area contributed by atoms with Gasteiger partial charge in [0.1, 0.15) is 23.1 Å². The van der Waals surface area contributed by atoms with E-state index in [1.165, 1.54) is 24.4 Å². The Morgan fingerprint density at radius 3 is 2.16 bits per heavy atom. The molecule has 1 aromatic carbocycles. The molecule has 0 aliphatic rings. The molecule has 3 nitrogen and oxygen atoms in total. The second-order valence-corrected chi connectivity index (χ2v) is 4.93. The third kappa shape index (κ3) is 3.57. The molecule has 0 unspecified atom stereocenters. The van der Waals surface area contributed by atoms with Gasteiger partial charge in [0.15, 0.2) is 0 Å². The first-order valence-corrected chi connectivity index (χ1v) is 6.97. The average molecular weight is 352 g/mol. The Bertz CT molecular complexity index is 874. The summed E-state index contributed by atoms with van der Waals surface area (Å²) in [5, 5.41) is 0. The van der Waals surface area contributed by atoms with E-state index in [1.807, 2.05) is 0 Å². The summed E-state index contributed by atoms with van der Waals surface area (Å²) < 4.78 is 70.9. The fourth-order valence-electron chi connectivity index (χ4n) is 2.14. The van der Waals surface area contributed by atoms with Crippen molar-refractivity contribution in [1.82, 2.24) is 9.97 Å². The van der Waals surface area contributed by atoms with Crippen molar-refractivity contribution in [2.45, 2.75) is 6.18 Å². The van der Waals surface area contributed by atoms with Crippen LogP contribution in [0.4, 0.5) is 22.0 Å². The average Bonchev–Trinajstić information content (AvgIpc) is 2.56. The molecule has 3 rings (SSSR count). The quantitative estimate of drug-likeness (QED) is 0.605. The van der Waals surface area contributed by atoms with E-state index in [9.17, 15) is 22.0 Å². The zero-order chi connectivity index (χ0) is 18.0. The zero-order valence-corrected chi connectivity index (χ0v) is 12.4. The minimum absolute atomic E-state index is 0.0259. The first-order valence-electron chi connectivity index (χ1n) is 6.97. The number of hydrogen-bond acceptors (Lipinski definition) is 3. The van der Waals surface area contributed by atoms with Crippen LogP contribution in [-0.4, -0.2) is 9.97 Å². The summed E-state index contributed by atoms with van der Waals surface area (Å²) in [5.74, 6) is -1.84. The molecule has 0 aliphatic heterocycles. The minimum Gasteiger partial charge on any atom is -0.437 e. The molecular formula is C17H9F5N2O. The third-order valence-corrected chi connectivity index (χ3v) is 3.24. The Morgan fingerprint density at radius 2 is 1.56 bits per heavy atom. The van der Waals surface area contributed by atoms with Gasteiger partial charge in [-0.2, -0.15) is 13.2 Å². The summed E-state index contributed by atoms with van der Waals surface area (Å²) in [6, 6.07) is 8.00. The van der Waals surface area contributed by atoms with Crippen molar-refractivity contribution in [1.29, 1.82) is 0 Å². The largest absolute Gasteiger partial charge is 0.437 e. The van der Waals surface area contributed by atoms with Crippen molar-refractivity contribution in [3.05, 3.63) is 72.2 Å². The van der Waals surface area contributed by atoms with E-state index in [0.717, 1.165) is 30.5 Å². The first-order chi connectivity index (χ1) is 11.9. The van der Waals surface area contributed by atoms with Crippen LogP contribution in [0.25, 0.3) is 11.1 Å². The maximum atomic E-state index is 14.0. The number of halogens is 5. The van der Waals surface area contributed by atoms with E-state index >= 15 is 0 Å². The lowest BCUT2D eigenvalue weighted by molar-refractivity contribution is -0.141. The van der Waals surface area contributed by atoms with Gasteiger partial charge in [-0.15, -0.1) is 0 Å². The van der Waals surface area contributed by atoms with E-state index in [0.29, 0.717) is 0 Å². The van der Waals surface area contributed by atoms with Gasteiger partial charge in [-0.25, -0.2) is 18.7 Å². The number of rotatable bonds is 3. The van der Waals surface area contributed by atoms with Gasteiger partial charge in [-0.1, -0.05) is 6.07 Å². The van der Waals surface area contributed by atoms with Crippen LogP contribution in [-0.2, 0) is 6.18 Å². The number of nitrogens with zero attached hydrogens (tertiary/aromatic N) is 2. The van der Waals surface area contributed by atoms with Crippen molar-refractivity contribution in [3.8, 4) is 22.8 Å². The number of pyridine rings is 2. The Hall–Kier alpha value is -3.03. The van der Waals surface area contributed by atoms with E-state index in [1.54, 1.807) is 0 Å². The van der Waals surface area contributed by atoms with Crippen LogP contribution in [0.15, 0.2) is 54.9 Å². The Balaban J connectivity index is 1.97. The van der Waals surface area contributed by atoms with Crippen molar-refractivity contribution in [2.24, 2.45) is 0 Å². The molecule has 0 saturated heterocycles. The lowest BCUT2D eigenvalue weighted by atomic mass is 10.1. The molecule has 0 fully saturated rings. The molecule has 0 saturated carbocycles. The first kappa shape index (κ1) is 16.8. The highest BCUT2D eigenvalue weighted by molar-refractivity contribution is 5.70. The maximum absolute atomic E-state index is 14.0. The van der Waals surface area contributed by atoms with Gasteiger partial charge >= 0.3 is 6.18 Å². The molecule has 25 heavy (non-hydrogen) atoms. The molecular weight excluding hydrogens is 343 g/mol. The number of ether oxygens (including phenoxy) is 1.